The van der Waals surface area contributed by atoms with Gasteiger partial charge in [-0.05, 0) is 12.8 Å². The lowest BCUT2D eigenvalue weighted by molar-refractivity contribution is 0.420. The van der Waals surface area contributed by atoms with Crippen LogP contribution >= 0.6 is 0 Å². The highest BCUT2D eigenvalue weighted by molar-refractivity contribution is 5.81. The molecule has 0 bridgehead atoms. The monoisotopic (exact) mass is 182 g/mol. The molecule has 1 N–H and O–H groups in total. The number of nitrogens with one attached hydrogen (secondary N) is 1. The van der Waals surface area contributed by atoms with E-state index in [9.17, 15) is 0 Å². The van der Waals surface area contributed by atoms with Gasteiger partial charge in [0.15, 0.2) is 0 Å². The molecule has 76 valence electrons. The molecule has 1 rings (SSSR count). The molecule has 13 heavy (non-hydrogen) atoms. The van der Waals surface area contributed by atoms with Gasteiger partial charge >= 0.3 is 0 Å². The Morgan fingerprint density at radius 1 is 1.00 bits per heavy atom. The van der Waals surface area contributed by atoms with Crippen LogP contribution < -0.4 is 0 Å². The van der Waals surface area contributed by atoms with Crippen molar-refractivity contribution >= 4 is 5.84 Å². The van der Waals surface area contributed by atoms with Gasteiger partial charge in [0.25, 0.3) is 0 Å². The van der Waals surface area contributed by atoms with Crippen molar-refractivity contribution in [3.63, 3.8) is 0 Å². The van der Waals surface area contributed by atoms with E-state index in [1.165, 1.54) is 44.9 Å². The van der Waals surface area contributed by atoms with E-state index in [1.54, 1.807) is 0 Å². The second-order valence-electron chi connectivity index (χ2n) is 4.32. The lowest BCUT2D eigenvalue weighted by atomic mass is 9.90. The van der Waals surface area contributed by atoms with Gasteiger partial charge in [-0.15, -0.1) is 0 Å². The molecule has 0 amide bonds. The fourth-order valence-corrected chi connectivity index (χ4v) is 2.09. The van der Waals surface area contributed by atoms with Crippen LogP contribution in [0.3, 0.4) is 0 Å². The van der Waals surface area contributed by atoms with E-state index < -0.39 is 0 Å². The molecule has 0 radical (unpaired) electrons. The third-order valence-corrected chi connectivity index (χ3v) is 2.97. The van der Waals surface area contributed by atoms with Gasteiger partial charge in [-0.1, -0.05) is 32.1 Å². The second-order valence-corrected chi connectivity index (χ2v) is 4.32. The average Bonchev–Trinajstić information content (AvgIpc) is 2.02. The Morgan fingerprint density at radius 2 is 1.46 bits per heavy atom. The Morgan fingerprint density at radius 3 is 1.92 bits per heavy atom. The number of amidine groups is 1. The molecule has 1 aliphatic rings. The first-order valence-electron chi connectivity index (χ1n) is 5.47. The molecule has 1 aliphatic carbocycles. The number of nitrogens with zero attached hydrogens (tertiary/aromatic N) is 1. The maximum Gasteiger partial charge on any atom is 0.0984 e. The van der Waals surface area contributed by atoms with E-state index in [0.29, 0.717) is 5.92 Å². The minimum absolute atomic E-state index is 0.537. The first-order chi connectivity index (χ1) is 6.22. The Labute approximate surface area is 81.8 Å². The van der Waals surface area contributed by atoms with Crippen molar-refractivity contribution in [3.8, 4) is 0 Å². The van der Waals surface area contributed by atoms with Gasteiger partial charge in [0.1, 0.15) is 0 Å². The van der Waals surface area contributed by atoms with Gasteiger partial charge in [-0.2, -0.15) is 0 Å². The van der Waals surface area contributed by atoms with E-state index in [2.05, 4.69) is 0 Å². The van der Waals surface area contributed by atoms with Crippen molar-refractivity contribution in [1.29, 1.82) is 5.41 Å². The minimum atomic E-state index is 0.537. The number of hydrogen-bond donors (Lipinski definition) is 1. The molecule has 1 fully saturated rings. The van der Waals surface area contributed by atoms with Crippen molar-refractivity contribution in [1.82, 2.24) is 4.90 Å². The van der Waals surface area contributed by atoms with Crippen LogP contribution in [-0.4, -0.2) is 24.8 Å². The third kappa shape index (κ3) is 3.37. The smallest absolute Gasteiger partial charge is 0.0984 e. The molecule has 2 nitrogen and oxygen atoms in total. The molecule has 1 saturated carbocycles. The SMILES string of the molecule is CN(C)C(=N)C1CCCCCCC1. The summed E-state index contributed by atoms with van der Waals surface area (Å²) in [5, 5.41) is 7.93. The second kappa shape index (κ2) is 5.25. The molecule has 0 aromatic carbocycles. The van der Waals surface area contributed by atoms with Crippen LogP contribution in [0.5, 0.6) is 0 Å². The van der Waals surface area contributed by atoms with Crippen LogP contribution in [0, 0.1) is 11.3 Å². The lowest BCUT2D eigenvalue weighted by Crippen LogP contribution is -2.29. The quantitative estimate of drug-likeness (QED) is 0.490. The van der Waals surface area contributed by atoms with Crippen molar-refractivity contribution in [2.45, 2.75) is 44.9 Å². The molecular weight excluding hydrogens is 160 g/mol. The van der Waals surface area contributed by atoms with Crippen LogP contribution in [0.2, 0.25) is 0 Å². The summed E-state index contributed by atoms with van der Waals surface area (Å²) < 4.78 is 0. The summed E-state index contributed by atoms with van der Waals surface area (Å²) in [5.41, 5.74) is 0. The van der Waals surface area contributed by atoms with Crippen LogP contribution in [0.25, 0.3) is 0 Å². The zero-order chi connectivity index (χ0) is 9.68. The molecule has 0 unspecified atom stereocenters. The zero-order valence-corrected chi connectivity index (χ0v) is 8.97. The van der Waals surface area contributed by atoms with E-state index in [-0.39, 0.29) is 0 Å². The molecule has 0 saturated heterocycles. The van der Waals surface area contributed by atoms with Gasteiger partial charge in [-0.25, -0.2) is 0 Å². The van der Waals surface area contributed by atoms with E-state index in [1.807, 2.05) is 19.0 Å². The fourth-order valence-electron chi connectivity index (χ4n) is 2.09. The normalized spacial score (nSPS) is 20.5. The highest BCUT2D eigenvalue weighted by Gasteiger charge is 2.16. The van der Waals surface area contributed by atoms with Gasteiger partial charge in [-0.3, -0.25) is 5.41 Å². The largest absolute Gasteiger partial charge is 0.366 e. The van der Waals surface area contributed by atoms with Crippen LogP contribution in [0.4, 0.5) is 0 Å². The summed E-state index contributed by atoms with van der Waals surface area (Å²) in [7, 11) is 3.97. The molecule has 2 heteroatoms. The Bertz CT molecular complexity index is 155. The summed E-state index contributed by atoms with van der Waals surface area (Å²) in [5.74, 6) is 1.37. The number of rotatable bonds is 1. The summed E-state index contributed by atoms with van der Waals surface area (Å²) in [6.07, 6.45) is 9.26. The molecule has 0 atom stereocenters. The Hall–Kier alpha value is -0.530. The third-order valence-electron chi connectivity index (χ3n) is 2.97. The summed E-state index contributed by atoms with van der Waals surface area (Å²) in [6, 6.07) is 0. The molecule has 0 aromatic rings. The summed E-state index contributed by atoms with van der Waals surface area (Å²) in [6.45, 7) is 0. The Kier molecular flexibility index (Phi) is 4.26. The minimum Gasteiger partial charge on any atom is -0.366 e. The highest BCUT2D eigenvalue weighted by atomic mass is 15.1. The van der Waals surface area contributed by atoms with Crippen molar-refractivity contribution in [2.24, 2.45) is 5.92 Å². The summed E-state index contributed by atoms with van der Waals surface area (Å²) >= 11 is 0. The Balaban J connectivity index is 2.41. The zero-order valence-electron chi connectivity index (χ0n) is 8.97. The van der Waals surface area contributed by atoms with E-state index in [0.717, 1.165) is 5.84 Å². The number of hydrogen-bond acceptors (Lipinski definition) is 1. The average molecular weight is 182 g/mol. The van der Waals surface area contributed by atoms with Crippen molar-refractivity contribution in [3.05, 3.63) is 0 Å². The maximum absolute atomic E-state index is 7.93. The first kappa shape index (κ1) is 10.6. The summed E-state index contributed by atoms with van der Waals surface area (Å²) in [4.78, 5) is 1.96. The van der Waals surface area contributed by atoms with Gasteiger partial charge in [0.05, 0.1) is 5.84 Å². The van der Waals surface area contributed by atoms with Crippen molar-refractivity contribution < 1.29 is 0 Å². The molecule has 0 heterocycles. The standard InChI is InChI=1S/C11H22N2/c1-13(2)11(12)10-8-6-4-3-5-7-9-10/h10,12H,3-9H2,1-2H3. The van der Waals surface area contributed by atoms with Crippen LogP contribution in [0.15, 0.2) is 0 Å². The maximum atomic E-state index is 7.93. The fraction of sp³-hybridized carbons (Fsp3) is 0.909. The van der Waals surface area contributed by atoms with E-state index in [4.69, 9.17) is 5.41 Å². The molecule has 0 aliphatic heterocycles. The van der Waals surface area contributed by atoms with E-state index >= 15 is 0 Å². The predicted molar refractivity (Wildman–Crippen MR) is 57.2 cm³/mol. The lowest BCUT2D eigenvalue weighted by Gasteiger charge is -2.24. The first-order valence-corrected chi connectivity index (χ1v) is 5.47. The predicted octanol–water partition coefficient (Wildman–Crippen LogP) is 2.89. The molecule has 0 spiro atoms. The van der Waals surface area contributed by atoms with Crippen LogP contribution in [0.1, 0.15) is 44.9 Å². The van der Waals surface area contributed by atoms with Gasteiger partial charge < -0.3 is 4.90 Å². The van der Waals surface area contributed by atoms with Gasteiger partial charge in [0, 0.05) is 20.0 Å². The molecular formula is C11H22N2. The topological polar surface area (TPSA) is 27.1 Å². The highest BCUT2D eigenvalue weighted by Crippen LogP contribution is 2.23. The van der Waals surface area contributed by atoms with Crippen LogP contribution in [-0.2, 0) is 0 Å². The van der Waals surface area contributed by atoms with Gasteiger partial charge in [0.2, 0.25) is 0 Å². The van der Waals surface area contributed by atoms with Crippen molar-refractivity contribution in [2.75, 3.05) is 14.1 Å². The molecule has 0 aromatic heterocycles.